The zero-order chi connectivity index (χ0) is 13.1. The second kappa shape index (κ2) is 5.32. The number of amides is 1. The van der Waals surface area contributed by atoms with Gasteiger partial charge in [-0.05, 0) is 11.1 Å². The average molecular weight is 234 g/mol. The van der Waals surface area contributed by atoms with Crippen molar-refractivity contribution in [2.45, 2.75) is 33.9 Å². The van der Waals surface area contributed by atoms with Crippen molar-refractivity contribution in [3.05, 3.63) is 35.4 Å². The van der Waals surface area contributed by atoms with E-state index in [0.717, 1.165) is 11.1 Å². The van der Waals surface area contributed by atoms with Crippen LogP contribution in [0, 0.1) is 5.41 Å². The van der Waals surface area contributed by atoms with Gasteiger partial charge >= 0.3 is 0 Å². The summed E-state index contributed by atoms with van der Waals surface area (Å²) in [4.78, 5) is 13.8. The Balaban J connectivity index is 2.74. The van der Waals surface area contributed by atoms with E-state index in [4.69, 9.17) is 5.73 Å². The van der Waals surface area contributed by atoms with Crippen molar-refractivity contribution in [1.82, 2.24) is 4.90 Å². The first-order valence-corrected chi connectivity index (χ1v) is 5.88. The second-order valence-corrected chi connectivity index (χ2v) is 5.44. The first-order valence-electron chi connectivity index (χ1n) is 5.88. The molecule has 0 heterocycles. The van der Waals surface area contributed by atoms with Crippen molar-refractivity contribution in [2.75, 3.05) is 7.05 Å². The SMILES string of the molecule is CN(Cc1cccc(CN)c1)C(=O)C(C)(C)C. The molecule has 0 bridgehead atoms. The summed E-state index contributed by atoms with van der Waals surface area (Å²) in [5.74, 6) is 0.149. The van der Waals surface area contributed by atoms with Crippen LogP contribution in [0.3, 0.4) is 0 Å². The van der Waals surface area contributed by atoms with Crippen LogP contribution in [0.15, 0.2) is 24.3 Å². The third kappa shape index (κ3) is 3.86. The van der Waals surface area contributed by atoms with Gasteiger partial charge in [0.25, 0.3) is 0 Å². The van der Waals surface area contributed by atoms with E-state index < -0.39 is 0 Å². The highest BCUT2D eigenvalue weighted by atomic mass is 16.2. The number of benzene rings is 1. The molecule has 94 valence electrons. The van der Waals surface area contributed by atoms with Crippen molar-refractivity contribution in [3.8, 4) is 0 Å². The molecule has 1 amide bonds. The van der Waals surface area contributed by atoms with E-state index >= 15 is 0 Å². The van der Waals surface area contributed by atoms with Crippen molar-refractivity contribution >= 4 is 5.91 Å². The van der Waals surface area contributed by atoms with E-state index in [-0.39, 0.29) is 11.3 Å². The highest BCUT2D eigenvalue weighted by Crippen LogP contribution is 2.18. The van der Waals surface area contributed by atoms with Crippen LogP contribution in [0.4, 0.5) is 0 Å². The lowest BCUT2D eigenvalue weighted by atomic mass is 9.94. The molecule has 1 aromatic rings. The second-order valence-electron chi connectivity index (χ2n) is 5.44. The Morgan fingerprint density at radius 2 is 1.88 bits per heavy atom. The first kappa shape index (κ1) is 13.7. The molecule has 1 aromatic carbocycles. The van der Waals surface area contributed by atoms with Gasteiger partial charge in [-0.2, -0.15) is 0 Å². The van der Waals surface area contributed by atoms with E-state index in [1.807, 2.05) is 52.1 Å². The van der Waals surface area contributed by atoms with Crippen LogP contribution in [0.2, 0.25) is 0 Å². The highest BCUT2D eigenvalue weighted by Gasteiger charge is 2.24. The number of carbonyl (C=O) groups excluding carboxylic acids is 1. The number of rotatable bonds is 3. The minimum absolute atomic E-state index is 0.149. The summed E-state index contributed by atoms with van der Waals surface area (Å²) >= 11 is 0. The van der Waals surface area contributed by atoms with Crippen molar-refractivity contribution in [3.63, 3.8) is 0 Å². The van der Waals surface area contributed by atoms with Gasteiger partial charge in [-0.25, -0.2) is 0 Å². The van der Waals surface area contributed by atoms with E-state index in [1.54, 1.807) is 4.90 Å². The maximum atomic E-state index is 12.0. The van der Waals surface area contributed by atoms with Crippen LogP contribution in [0.25, 0.3) is 0 Å². The molecule has 0 aliphatic carbocycles. The fourth-order valence-corrected chi connectivity index (χ4v) is 1.77. The zero-order valence-electron chi connectivity index (χ0n) is 11.2. The number of hydrogen-bond acceptors (Lipinski definition) is 2. The van der Waals surface area contributed by atoms with Crippen molar-refractivity contribution in [2.24, 2.45) is 11.1 Å². The summed E-state index contributed by atoms with van der Waals surface area (Å²) in [6.07, 6.45) is 0. The van der Waals surface area contributed by atoms with Gasteiger partial charge in [0.05, 0.1) is 0 Å². The van der Waals surface area contributed by atoms with Gasteiger partial charge in [0.1, 0.15) is 0 Å². The van der Waals surface area contributed by atoms with Gasteiger partial charge in [0, 0.05) is 25.6 Å². The Morgan fingerprint density at radius 1 is 1.29 bits per heavy atom. The minimum Gasteiger partial charge on any atom is -0.341 e. The topological polar surface area (TPSA) is 46.3 Å². The molecule has 0 unspecified atom stereocenters. The molecule has 3 heteroatoms. The largest absolute Gasteiger partial charge is 0.341 e. The quantitative estimate of drug-likeness (QED) is 0.871. The summed E-state index contributed by atoms with van der Waals surface area (Å²) < 4.78 is 0. The molecule has 0 fully saturated rings. The Hall–Kier alpha value is -1.35. The average Bonchev–Trinajstić information content (AvgIpc) is 2.27. The van der Waals surface area contributed by atoms with Gasteiger partial charge in [0.15, 0.2) is 0 Å². The van der Waals surface area contributed by atoms with Gasteiger partial charge in [0.2, 0.25) is 5.91 Å². The Bertz CT molecular complexity index is 393. The van der Waals surface area contributed by atoms with Crippen LogP contribution in [-0.4, -0.2) is 17.9 Å². The fraction of sp³-hybridized carbons (Fsp3) is 0.500. The fourth-order valence-electron chi connectivity index (χ4n) is 1.77. The number of carbonyl (C=O) groups is 1. The van der Waals surface area contributed by atoms with Crippen LogP contribution in [0.1, 0.15) is 31.9 Å². The monoisotopic (exact) mass is 234 g/mol. The zero-order valence-corrected chi connectivity index (χ0v) is 11.2. The van der Waals surface area contributed by atoms with Crippen LogP contribution in [-0.2, 0) is 17.9 Å². The van der Waals surface area contributed by atoms with Crippen LogP contribution >= 0.6 is 0 Å². The van der Waals surface area contributed by atoms with Crippen LogP contribution < -0.4 is 5.73 Å². The van der Waals surface area contributed by atoms with E-state index in [9.17, 15) is 4.79 Å². The minimum atomic E-state index is -0.333. The molecule has 0 radical (unpaired) electrons. The lowest BCUT2D eigenvalue weighted by Gasteiger charge is -2.26. The standard InChI is InChI=1S/C14H22N2O/c1-14(2,3)13(17)16(4)10-12-7-5-6-11(8-12)9-15/h5-8H,9-10,15H2,1-4H3. The molecular formula is C14H22N2O. The lowest BCUT2D eigenvalue weighted by Crippen LogP contribution is -2.36. The van der Waals surface area contributed by atoms with Crippen LogP contribution in [0.5, 0.6) is 0 Å². The number of hydrogen-bond donors (Lipinski definition) is 1. The third-order valence-electron chi connectivity index (χ3n) is 2.64. The molecule has 0 aliphatic heterocycles. The third-order valence-corrected chi connectivity index (χ3v) is 2.64. The molecule has 0 saturated heterocycles. The summed E-state index contributed by atoms with van der Waals surface area (Å²) in [5, 5.41) is 0. The van der Waals surface area contributed by atoms with Crippen molar-refractivity contribution in [1.29, 1.82) is 0 Å². The molecule has 1 rings (SSSR count). The molecule has 0 aromatic heterocycles. The summed E-state index contributed by atoms with van der Waals surface area (Å²) in [6, 6.07) is 8.04. The Morgan fingerprint density at radius 3 is 2.41 bits per heavy atom. The normalized spacial score (nSPS) is 11.4. The van der Waals surface area contributed by atoms with Crippen molar-refractivity contribution < 1.29 is 4.79 Å². The molecule has 3 nitrogen and oxygen atoms in total. The molecular weight excluding hydrogens is 212 g/mol. The van der Waals surface area contributed by atoms with Gasteiger partial charge in [-0.15, -0.1) is 0 Å². The van der Waals surface area contributed by atoms with E-state index in [0.29, 0.717) is 13.1 Å². The van der Waals surface area contributed by atoms with Gasteiger partial charge in [-0.1, -0.05) is 45.0 Å². The maximum Gasteiger partial charge on any atom is 0.227 e. The maximum absolute atomic E-state index is 12.0. The molecule has 17 heavy (non-hydrogen) atoms. The summed E-state index contributed by atoms with van der Waals surface area (Å²) in [6.45, 7) is 6.96. The number of nitrogens with zero attached hydrogens (tertiary/aromatic N) is 1. The molecule has 0 aliphatic rings. The summed E-state index contributed by atoms with van der Waals surface area (Å²) in [7, 11) is 1.84. The smallest absolute Gasteiger partial charge is 0.227 e. The lowest BCUT2D eigenvalue weighted by molar-refractivity contribution is -0.138. The van der Waals surface area contributed by atoms with E-state index in [1.165, 1.54) is 0 Å². The molecule has 2 N–H and O–H groups in total. The van der Waals surface area contributed by atoms with E-state index in [2.05, 4.69) is 0 Å². The predicted octanol–water partition coefficient (Wildman–Crippen LogP) is 2.15. The first-order chi connectivity index (χ1) is 7.84. The summed E-state index contributed by atoms with van der Waals surface area (Å²) in [5.41, 5.74) is 7.48. The molecule has 0 saturated carbocycles. The van der Waals surface area contributed by atoms with Gasteiger partial charge in [-0.3, -0.25) is 4.79 Å². The highest BCUT2D eigenvalue weighted by molar-refractivity contribution is 5.81. The Kier molecular flexibility index (Phi) is 4.29. The number of nitrogens with two attached hydrogens (primary N) is 1. The predicted molar refractivity (Wildman–Crippen MR) is 70.3 cm³/mol. The molecule has 0 spiro atoms. The molecule has 0 atom stereocenters. The van der Waals surface area contributed by atoms with Gasteiger partial charge < -0.3 is 10.6 Å². The Labute approximate surface area is 104 Å².